The summed E-state index contributed by atoms with van der Waals surface area (Å²) in [6.07, 6.45) is 0. The molecule has 2 N–H and O–H groups in total. The largest absolute Gasteiger partial charge is 0.478 e. The number of hydrogen-bond acceptors (Lipinski definition) is 4. The molecule has 0 aliphatic rings. The monoisotopic (exact) mass is 327 g/mol. The summed E-state index contributed by atoms with van der Waals surface area (Å²) in [5, 5.41) is 11.6. The molecule has 6 heteroatoms. The van der Waals surface area contributed by atoms with Gasteiger partial charge in [0.25, 0.3) is 5.91 Å². The Balaban J connectivity index is 2.07. The smallest absolute Gasteiger partial charge is 0.338 e. The number of carboxylic acids is 1. The van der Waals surface area contributed by atoms with Crippen LogP contribution in [0, 0.1) is 0 Å². The molecule has 0 fully saturated rings. The van der Waals surface area contributed by atoms with Gasteiger partial charge in [0.05, 0.1) is 23.3 Å². The molecule has 2 aromatic carbocycles. The van der Waals surface area contributed by atoms with Gasteiger partial charge in [-0.05, 0) is 36.8 Å². The van der Waals surface area contributed by atoms with Crippen molar-refractivity contribution in [3.05, 3.63) is 70.8 Å². The molecule has 124 valence electrons. The first kappa shape index (κ1) is 17.2. The highest BCUT2D eigenvalue weighted by Gasteiger charge is 2.17. The highest BCUT2D eigenvalue weighted by Crippen LogP contribution is 2.11. The van der Waals surface area contributed by atoms with Crippen LogP contribution in [0.1, 0.15) is 43.6 Å². The molecule has 2 aromatic rings. The van der Waals surface area contributed by atoms with Crippen molar-refractivity contribution < 1.29 is 24.2 Å². The Hall–Kier alpha value is -3.15. The molecule has 0 saturated heterocycles. The van der Waals surface area contributed by atoms with Crippen LogP contribution in [0.4, 0.5) is 0 Å². The lowest BCUT2D eigenvalue weighted by Gasteiger charge is -2.09. The van der Waals surface area contributed by atoms with Crippen LogP contribution in [-0.4, -0.2) is 29.6 Å². The maximum atomic E-state index is 12.3. The SMILES string of the molecule is CCOC(=O)c1ccccc1C(=O)NCc1ccc(C(=O)O)cc1. The number of amides is 1. The molecule has 1 amide bonds. The first-order valence-corrected chi connectivity index (χ1v) is 7.39. The third-order valence-electron chi connectivity index (χ3n) is 3.32. The summed E-state index contributed by atoms with van der Waals surface area (Å²) in [6.45, 7) is 2.14. The van der Waals surface area contributed by atoms with Crippen molar-refractivity contribution in [2.24, 2.45) is 0 Å². The number of rotatable bonds is 6. The molecule has 0 radical (unpaired) electrons. The molecule has 0 aliphatic carbocycles. The molecule has 24 heavy (non-hydrogen) atoms. The summed E-state index contributed by atoms with van der Waals surface area (Å²) in [7, 11) is 0. The Kier molecular flexibility index (Phi) is 5.68. The van der Waals surface area contributed by atoms with Crippen LogP contribution in [0.25, 0.3) is 0 Å². The third-order valence-corrected chi connectivity index (χ3v) is 3.32. The Morgan fingerprint density at radius 3 is 2.21 bits per heavy atom. The number of aromatic carboxylic acids is 1. The molecule has 0 unspecified atom stereocenters. The molecule has 0 saturated carbocycles. The second kappa shape index (κ2) is 7.92. The van der Waals surface area contributed by atoms with Crippen molar-refractivity contribution in [1.29, 1.82) is 0 Å². The minimum Gasteiger partial charge on any atom is -0.478 e. The van der Waals surface area contributed by atoms with Crippen LogP contribution >= 0.6 is 0 Å². The molecule has 6 nitrogen and oxygen atoms in total. The predicted octanol–water partition coefficient (Wildman–Crippen LogP) is 2.49. The summed E-state index contributed by atoms with van der Waals surface area (Å²) < 4.78 is 4.94. The number of carboxylic acid groups (broad SMARTS) is 1. The molecular weight excluding hydrogens is 310 g/mol. The molecule has 0 aliphatic heterocycles. The molecule has 2 rings (SSSR count). The molecule has 0 aromatic heterocycles. The highest BCUT2D eigenvalue weighted by atomic mass is 16.5. The quantitative estimate of drug-likeness (QED) is 0.795. The van der Waals surface area contributed by atoms with Crippen LogP contribution < -0.4 is 5.32 Å². The fourth-order valence-corrected chi connectivity index (χ4v) is 2.11. The summed E-state index contributed by atoms with van der Waals surface area (Å²) in [5.41, 5.74) is 1.37. The zero-order valence-electron chi connectivity index (χ0n) is 13.1. The number of ether oxygens (including phenoxy) is 1. The van der Waals surface area contributed by atoms with Gasteiger partial charge in [-0.2, -0.15) is 0 Å². The second-order valence-corrected chi connectivity index (χ2v) is 4.95. The lowest BCUT2D eigenvalue weighted by molar-refractivity contribution is 0.0522. The molecule has 0 bridgehead atoms. The van der Waals surface area contributed by atoms with Crippen molar-refractivity contribution >= 4 is 17.8 Å². The van der Waals surface area contributed by atoms with Crippen molar-refractivity contribution in [3.63, 3.8) is 0 Å². The first-order chi connectivity index (χ1) is 11.5. The average molecular weight is 327 g/mol. The van der Waals surface area contributed by atoms with E-state index < -0.39 is 17.8 Å². The Morgan fingerprint density at radius 1 is 1.00 bits per heavy atom. The highest BCUT2D eigenvalue weighted by molar-refractivity contribution is 6.05. The van der Waals surface area contributed by atoms with E-state index in [1.807, 2.05) is 0 Å². The number of carbonyl (C=O) groups excluding carboxylic acids is 2. The van der Waals surface area contributed by atoms with Gasteiger partial charge < -0.3 is 15.2 Å². The molecule has 0 atom stereocenters. The lowest BCUT2D eigenvalue weighted by atomic mass is 10.1. The predicted molar refractivity (Wildman–Crippen MR) is 87.0 cm³/mol. The standard InChI is InChI=1S/C18H17NO5/c1-2-24-18(23)15-6-4-3-5-14(15)16(20)19-11-12-7-9-13(10-8-12)17(21)22/h3-10H,2,11H2,1H3,(H,19,20)(H,21,22). The van der Waals surface area contributed by atoms with E-state index in [4.69, 9.17) is 9.84 Å². The number of benzene rings is 2. The van der Waals surface area contributed by atoms with E-state index in [9.17, 15) is 14.4 Å². The maximum absolute atomic E-state index is 12.3. The number of carbonyl (C=O) groups is 3. The van der Waals surface area contributed by atoms with Crippen LogP contribution in [0.5, 0.6) is 0 Å². The first-order valence-electron chi connectivity index (χ1n) is 7.39. The van der Waals surface area contributed by atoms with Crippen molar-refractivity contribution in [2.45, 2.75) is 13.5 Å². The number of nitrogens with one attached hydrogen (secondary N) is 1. The molecular formula is C18H17NO5. The van der Waals surface area contributed by atoms with Gasteiger partial charge in [0.1, 0.15) is 0 Å². The minimum atomic E-state index is -1.01. The summed E-state index contributed by atoms with van der Waals surface area (Å²) in [5.74, 6) is -1.95. The topological polar surface area (TPSA) is 92.7 Å². The van der Waals surface area contributed by atoms with E-state index in [2.05, 4.69) is 5.32 Å². The van der Waals surface area contributed by atoms with Crippen molar-refractivity contribution in [3.8, 4) is 0 Å². The number of hydrogen-bond donors (Lipinski definition) is 2. The average Bonchev–Trinajstić information content (AvgIpc) is 2.60. The van der Waals surface area contributed by atoms with Gasteiger partial charge in [-0.3, -0.25) is 4.79 Å². The summed E-state index contributed by atoms with van der Waals surface area (Å²) >= 11 is 0. The lowest BCUT2D eigenvalue weighted by Crippen LogP contribution is -2.25. The van der Waals surface area contributed by atoms with Crippen LogP contribution in [0.3, 0.4) is 0 Å². The normalized spacial score (nSPS) is 10.0. The summed E-state index contributed by atoms with van der Waals surface area (Å²) in [6, 6.07) is 12.6. The van der Waals surface area contributed by atoms with Crippen molar-refractivity contribution in [2.75, 3.05) is 6.61 Å². The van der Waals surface area contributed by atoms with Crippen LogP contribution in [0.2, 0.25) is 0 Å². The van der Waals surface area contributed by atoms with Crippen LogP contribution in [0.15, 0.2) is 48.5 Å². The van der Waals surface area contributed by atoms with Gasteiger partial charge in [0.2, 0.25) is 0 Å². The van der Waals surface area contributed by atoms with Gasteiger partial charge in [-0.15, -0.1) is 0 Å². The summed E-state index contributed by atoms with van der Waals surface area (Å²) in [4.78, 5) is 35.0. The van der Waals surface area contributed by atoms with Crippen LogP contribution in [-0.2, 0) is 11.3 Å². The fraction of sp³-hybridized carbons (Fsp3) is 0.167. The number of esters is 1. The molecule has 0 spiro atoms. The van der Waals surface area contributed by atoms with E-state index >= 15 is 0 Å². The second-order valence-electron chi connectivity index (χ2n) is 4.95. The molecule has 0 heterocycles. The minimum absolute atomic E-state index is 0.178. The maximum Gasteiger partial charge on any atom is 0.338 e. The van der Waals surface area contributed by atoms with Gasteiger partial charge in [-0.1, -0.05) is 24.3 Å². The fourth-order valence-electron chi connectivity index (χ4n) is 2.11. The Morgan fingerprint density at radius 2 is 1.62 bits per heavy atom. The zero-order valence-corrected chi connectivity index (χ0v) is 13.1. The van der Waals surface area contributed by atoms with E-state index in [0.29, 0.717) is 0 Å². The van der Waals surface area contributed by atoms with E-state index in [0.717, 1.165) is 5.56 Å². The zero-order chi connectivity index (χ0) is 17.5. The van der Waals surface area contributed by atoms with Gasteiger partial charge >= 0.3 is 11.9 Å². The van der Waals surface area contributed by atoms with Gasteiger partial charge in [-0.25, -0.2) is 9.59 Å². The van der Waals surface area contributed by atoms with Crippen molar-refractivity contribution in [1.82, 2.24) is 5.32 Å². The van der Waals surface area contributed by atoms with E-state index in [-0.39, 0.29) is 29.8 Å². The Labute approximate surface area is 139 Å². The third kappa shape index (κ3) is 4.19. The van der Waals surface area contributed by atoms with E-state index in [1.165, 1.54) is 18.2 Å². The van der Waals surface area contributed by atoms with E-state index in [1.54, 1.807) is 37.3 Å². The Bertz CT molecular complexity index is 752. The van der Waals surface area contributed by atoms with Gasteiger partial charge in [0.15, 0.2) is 0 Å². The van der Waals surface area contributed by atoms with Gasteiger partial charge in [0, 0.05) is 6.54 Å².